The zero-order valence-electron chi connectivity index (χ0n) is 12.9. The van der Waals surface area contributed by atoms with E-state index >= 15 is 0 Å². The van der Waals surface area contributed by atoms with E-state index in [0.717, 1.165) is 17.7 Å². The second-order valence-electron chi connectivity index (χ2n) is 5.17. The number of likely N-dealkylation sites (N-methyl/N-ethyl adjacent to an activating group) is 1. The topological polar surface area (TPSA) is 75.4 Å². The van der Waals surface area contributed by atoms with Crippen LogP contribution in [0.5, 0.6) is 0 Å². The minimum Gasteiger partial charge on any atom is -0.398 e. The van der Waals surface area contributed by atoms with Gasteiger partial charge in [0, 0.05) is 18.8 Å². The molecule has 3 N–H and O–H groups in total. The van der Waals surface area contributed by atoms with Gasteiger partial charge in [0.1, 0.15) is 0 Å². The van der Waals surface area contributed by atoms with Gasteiger partial charge in [-0.25, -0.2) is 13.1 Å². The first-order valence-corrected chi connectivity index (χ1v) is 8.23. The lowest BCUT2D eigenvalue weighted by Gasteiger charge is -2.17. The number of anilines is 1. The average Bonchev–Trinajstić information content (AvgIpc) is 2.35. The van der Waals surface area contributed by atoms with Crippen molar-refractivity contribution >= 4 is 15.7 Å². The van der Waals surface area contributed by atoms with Gasteiger partial charge in [-0.2, -0.15) is 0 Å². The molecule has 20 heavy (non-hydrogen) atoms. The van der Waals surface area contributed by atoms with E-state index in [1.165, 1.54) is 0 Å². The summed E-state index contributed by atoms with van der Waals surface area (Å²) < 4.78 is 27.5. The molecule has 0 radical (unpaired) electrons. The normalized spacial score (nSPS) is 12.1. The van der Waals surface area contributed by atoms with E-state index < -0.39 is 10.0 Å². The minimum absolute atomic E-state index is 0.305. The molecule has 0 unspecified atom stereocenters. The molecular weight excluding hydrogens is 274 g/mol. The van der Waals surface area contributed by atoms with E-state index in [4.69, 9.17) is 5.73 Å². The smallest absolute Gasteiger partial charge is 0.241 e. The first-order valence-electron chi connectivity index (χ1n) is 6.75. The van der Waals surface area contributed by atoms with Crippen LogP contribution in [-0.4, -0.2) is 40.0 Å². The van der Waals surface area contributed by atoms with Crippen molar-refractivity contribution in [2.45, 2.75) is 32.6 Å². The standard InChI is InChI=1S/C14H25N3O2S/c1-6-17(5)8-7-16-20(18,19)14-11(3)9-10(2)13(15)12(14)4/h9,16H,6-8,15H2,1-5H3. The molecule has 6 heteroatoms. The highest BCUT2D eigenvalue weighted by molar-refractivity contribution is 7.89. The van der Waals surface area contributed by atoms with Crippen molar-refractivity contribution in [2.24, 2.45) is 0 Å². The lowest BCUT2D eigenvalue weighted by molar-refractivity contribution is 0.358. The highest BCUT2D eigenvalue weighted by atomic mass is 32.2. The largest absolute Gasteiger partial charge is 0.398 e. The van der Waals surface area contributed by atoms with Gasteiger partial charge in [-0.05, 0) is 51.1 Å². The maximum atomic E-state index is 12.4. The quantitative estimate of drug-likeness (QED) is 0.779. The van der Waals surface area contributed by atoms with Crippen molar-refractivity contribution in [3.8, 4) is 0 Å². The molecule has 0 bridgehead atoms. The third-order valence-corrected chi connectivity index (χ3v) is 5.30. The molecule has 0 aliphatic heterocycles. The van der Waals surface area contributed by atoms with Gasteiger partial charge in [0.25, 0.3) is 0 Å². The van der Waals surface area contributed by atoms with Crippen molar-refractivity contribution in [2.75, 3.05) is 32.4 Å². The summed E-state index contributed by atoms with van der Waals surface area (Å²) in [6.45, 7) is 9.42. The zero-order chi connectivity index (χ0) is 15.5. The molecule has 0 saturated heterocycles. The molecule has 1 aromatic rings. The van der Waals surface area contributed by atoms with Crippen LogP contribution in [0.1, 0.15) is 23.6 Å². The van der Waals surface area contributed by atoms with Gasteiger partial charge in [-0.3, -0.25) is 0 Å². The zero-order valence-corrected chi connectivity index (χ0v) is 13.8. The lowest BCUT2D eigenvalue weighted by atomic mass is 10.1. The van der Waals surface area contributed by atoms with Crippen LogP contribution in [0.3, 0.4) is 0 Å². The Morgan fingerprint density at radius 2 is 1.85 bits per heavy atom. The highest BCUT2D eigenvalue weighted by Crippen LogP contribution is 2.27. The molecule has 0 saturated carbocycles. The summed E-state index contributed by atoms with van der Waals surface area (Å²) in [6.07, 6.45) is 0. The van der Waals surface area contributed by atoms with Crippen LogP contribution in [0, 0.1) is 20.8 Å². The third kappa shape index (κ3) is 3.71. The fourth-order valence-electron chi connectivity index (χ4n) is 2.20. The number of sulfonamides is 1. The van der Waals surface area contributed by atoms with Crippen LogP contribution >= 0.6 is 0 Å². The summed E-state index contributed by atoms with van der Waals surface area (Å²) in [7, 11) is -1.57. The van der Waals surface area contributed by atoms with Crippen molar-refractivity contribution in [3.63, 3.8) is 0 Å². The van der Waals surface area contributed by atoms with Crippen molar-refractivity contribution in [1.29, 1.82) is 0 Å². The number of nitrogen functional groups attached to an aromatic ring is 1. The molecule has 0 fully saturated rings. The Morgan fingerprint density at radius 3 is 2.40 bits per heavy atom. The van der Waals surface area contributed by atoms with Crippen LogP contribution < -0.4 is 10.5 Å². The number of nitrogens with one attached hydrogen (secondary N) is 1. The summed E-state index contributed by atoms with van der Waals surface area (Å²) in [6, 6.07) is 1.81. The van der Waals surface area contributed by atoms with Gasteiger partial charge < -0.3 is 10.6 Å². The van der Waals surface area contributed by atoms with Crippen molar-refractivity contribution in [1.82, 2.24) is 9.62 Å². The minimum atomic E-state index is -3.52. The number of hydrogen-bond acceptors (Lipinski definition) is 4. The van der Waals surface area contributed by atoms with Gasteiger partial charge in [0.2, 0.25) is 10.0 Å². The maximum absolute atomic E-state index is 12.4. The van der Waals surface area contributed by atoms with Gasteiger partial charge in [-0.1, -0.05) is 13.0 Å². The number of nitrogens with two attached hydrogens (primary N) is 1. The molecular formula is C14H25N3O2S. The van der Waals surface area contributed by atoms with Crippen LogP contribution in [-0.2, 0) is 10.0 Å². The van der Waals surface area contributed by atoms with Crippen LogP contribution in [0.2, 0.25) is 0 Å². The SMILES string of the molecule is CCN(C)CCNS(=O)(=O)c1c(C)cc(C)c(N)c1C. The molecule has 1 rings (SSSR count). The van der Waals surface area contributed by atoms with Crippen molar-refractivity contribution in [3.05, 3.63) is 22.8 Å². The number of rotatable bonds is 6. The number of hydrogen-bond donors (Lipinski definition) is 2. The summed E-state index contributed by atoms with van der Waals surface area (Å²) in [5, 5.41) is 0. The molecule has 0 spiro atoms. The molecule has 0 atom stereocenters. The van der Waals surface area contributed by atoms with Gasteiger partial charge in [0.15, 0.2) is 0 Å². The van der Waals surface area contributed by atoms with E-state index in [2.05, 4.69) is 4.72 Å². The second-order valence-corrected chi connectivity index (χ2v) is 6.88. The van der Waals surface area contributed by atoms with Gasteiger partial charge in [0.05, 0.1) is 4.90 Å². The first kappa shape index (κ1) is 16.9. The summed E-state index contributed by atoms with van der Waals surface area (Å²) in [5.41, 5.74) is 8.75. The molecule has 0 heterocycles. The number of nitrogens with zero attached hydrogens (tertiary/aromatic N) is 1. The van der Waals surface area contributed by atoms with E-state index in [1.807, 2.05) is 31.9 Å². The Balaban J connectivity index is 3.02. The fraction of sp³-hybridized carbons (Fsp3) is 0.571. The second kappa shape index (κ2) is 6.56. The summed E-state index contributed by atoms with van der Waals surface area (Å²) >= 11 is 0. The highest BCUT2D eigenvalue weighted by Gasteiger charge is 2.21. The van der Waals surface area contributed by atoms with E-state index in [-0.39, 0.29) is 0 Å². The molecule has 114 valence electrons. The molecule has 1 aromatic carbocycles. The van der Waals surface area contributed by atoms with Crippen LogP contribution in [0.25, 0.3) is 0 Å². The Bertz CT molecular complexity index is 583. The summed E-state index contributed by atoms with van der Waals surface area (Å²) in [5.74, 6) is 0. The number of aryl methyl sites for hydroxylation is 2. The molecule has 0 aliphatic rings. The van der Waals surface area contributed by atoms with E-state index in [9.17, 15) is 8.42 Å². The fourth-order valence-corrected chi connectivity index (χ4v) is 3.70. The number of benzene rings is 1. The Morgan fingerprint density at radius 1 is 1.25 bits per heavy atom. The van der Waals surface area contributed by atoms with Crippen molar-refractivity contribution < 1.29 is 8.42 Å². The van der Waals surface area contributed by atoms with E-state index in [1.54, 1.807) is 13.8 Å². The van der Waals surface area contributed by atoms with Crippen LogP contribution in [0.15, 0.2) is 11.0 Å². The summed E-state index contributed by atoms with van der Waals surface area (Å²) in [4.78, 5) is 2.35. The van der Waals surface area contributed by atoms with E-state index in [0.29, 0.717) is 29.2 Å². The Kier molecular flexibility index (Phi) is 5.56. The molecule has 0 aliphatic carbocycles. The Hall–Kier alpha value is -1.11. The molecule has 0 amide bonds. The van der Waals surface area contributed by atoms with Crippen LogP contribution in [0.4, 0.5) is 5.69 Å². The average molecular weight is 299 g/mol. The lowest BCUT2D eigenvalue weighted by Crippen LogP contribution is -2.33. The van der Waals surface area contributed by atoms with Gasteiger partial charge >= 0.3 is 0 Å². The predicted molar refractivity (Wildman–Crippen MR) is 83.4 cm³/mol. The monoisotopic (exact) mass is 299 g/mol. The molecule has 5 nitrogen and oxygen atoms in total. The maximum Gasteiger partial charge on any atom is 0.241 e. The Labute approximate surface area is 122 Å². The predicted octanol–water partition coefficient (Wildman–Crippen LogP) is 1.42. The molecule has 0 aromatic heterocycles. The first-order chi connectivity index (χ1) is 9.20. The third-order valence-electron chi connectivity index (χ3n) is 3.55. The van der Waals surface area contributed by atoms with Gasteiger partial charge in [-0.15, -0.1) is 0 Å².